The lowest BCUT2D eigenvalue weighted by molar-refractivity contribution is 0.0546. The Hall–Kier alpha value is -2.07. The summed E-state index contributed by atoms with van der Waals surface area (Å²) < 4.78 is 2.13. The number of nitrogens with zero attached hydrogens (tertiary/aromatic N) is 2. The van der Waals surface area contributed by atoms with Gasteiger partial charge in [-0.15, -0.1) is 0 Å². The van der Waals surface area contributed by atoms with E-state index in [1.165, 1.54) is 0 Å². The summed E-state index contributed by atoms with van der Waals surface area (Å²) in [5, 5.41) is 9.66. The van der Waals surface area contributed by atoms with Crippen molar-refractivity contribution in [2.75, 3.05) is 13.1 Å². The average Bonchev–Trinajstić information content (AvgIpc) is 2.86. The van der Waals surface area contributed by atoms with Crippen LogP contribution in [0.25, 0.3) is 5.69 Å². The zero-order valence-electron chi connectivity index (χ0n) is 14.0. The number of rotatable bonds is 2. The Morgan fingerprint density at radius 3 is 2.26 bits per heavy atom. The predicted molar refractivity (Wildman–Crippen MR) is 91.1 cm³/mol. The highest BCUT2D eigenvalue weighted by atomic mass is 16.3. The quantitative estimate of drug-likeness (QED) is 0.926. The first-order valence-corrected chi connectivity index (χ1v) is 8.20. The number of hydrogen-bond acceptors (Lipinski definition) is 2. The summed E-state index contributed by atoms with van der Waals surface area (Å²) in [6.07, 6.45) is 1.05. The number of aryl methyl sites for hydroxylation is 3. The summed E-state index contributed by atoms with van der Waals surface area (Å²) in [7, 11) is 0. The lowest BCUT2D eigenvalue weighted by Crippen LogP contribution is -2.40. The topological polar surface area (TPSA) is 45.5 Å². The van der Waals surface area contributed by atoms with Gasteiger partial charge in [-0.2, -0.15) is 0 Å². The van der Waals surface area contributed by atoms with E-state index in [2.05, 4.69) is 30.5 Å². The van der Waals surface area contributed by atoms with Gasteiger partial charge in [-0.05, 0) is 57.9 Å². The van der Waals surface area contributed by atoms with Crippen LogP contribution in [0.15, 0.2) is 30.3 Å². The predicted octanol–water partition coefficient (Wildman–Crippen LogP) is 3.00. The van der Waals surface area contributed by atoms with Gasteiger partial charge in [-0.3, -0.25) is 4.79 Å². The zero-order valence-corrected chi connectivity index (χ0v) is 14.0. The number of aliphatic hydroxyl groups is 1. The van der Waals surface area contributed by atoms with Crippen molar-refractivity contribution >= 4 is 5.91 Å². The van der Waals surface area contributed by atoms with Gasteiger partial charge in [0.1, 0.15) is 0 Å². The number of aromatic nitrogens is 1. The number of likely N-dealkylation sites (tertiary alicyclic amines) is 1. The van der Waals surface area contributed by atoms with Crippen molar-refractivity contribution in [3.63, 3.8) is 0 Å². The van der Waals surface area contributed by atoms with Crippen LogP contribution in [0.1, 0.15) is 40.2 Å². The van der Waals surface area contributed by atoms with Crippen LogP contribution in [0.2, 0.25) is 0 Å². The molecule has 122 valence electrons. The maximum Gasteiger partial charge on any atom is 0.255 e. The van der Waals surface area contributed by atoms with E-state index in [0.29, 0.717) is 25.9 Å². The van der Waals surface area contributed by atoms with Gasteiger partial charge in [0.15, 0.2) is 0 Å². The lowest BCUT2D eigenvalue weighted by atomic mass is 10.0. The molecule has 1 fully saturated rings. The number of carbonyl (C=O) groups is 1. The van der Waals surface area contributed by atoms with E-state index in [9.17, 15) is 9.90 Å². The number of hydrogen-bond donors (Lipinski definition) is 1. The van der Waals surface area contributed by atoms with Crippen molar-refractivity contribution in [1.29, 1.82) is 0 Å². The molecule has 1 saturated heterocycles. The third kappa shape index (κ3) is 3.04. The molecule has 0 saturated carbocycles. The Kier molecular flexibility index (Phi) is 4.26. The molecule has 1 amide bonds. The Balaban J connectivity index is 2.02. The van der Waals surface area contributed by atoms with E-state index < -0.39 is 0 Å². The summed E-state index contributed by atoms with van der Waals surface area (Å²) in [5.74, 6) is 0.0584. The zero-order chi connectivity index (χ0) is 16.6. The SMILES string of the molecule is Cc1ccc(-n2c(C)ccc2C)c(C(=O)N2CCC(O)CC2)c1. The summed E-state index contributed by atoms with van der Waals surface area (Å²) in [4.78, 5) is 14.9. The molecule has 0 bridgehead atoms. The van der Waals surface area contributed by atoms with Gasteiger partial charge < -0.3 is 14.6 Å². The first-order valence-electron chi connectivity index (χ1n) is 8.20. The second-order valence-corrected chi connectivity index (χ2v) is 6.50. The van der Waals surface area contributed by atoms with Crippen LogP contribution < -0.4 is 0 Å². The van der Waals surface area contributed by atoms with Crippen LogP contribution in [-0.2, 0) is 0 Å². The molecule has 1 aliphatic rings. The van der Waals surface area contributed by atoms with Crippen molar-refractivity contribution in [1.82, 2.24) is 9.47 Å². The van der Waals surface area contributed by atoms with Crippen LogP contribution >= 0.6 is 0 Å². The van der Waals surface area contributed by atoms with Gasteiger partial charge >= 0.3 is 0 Å². The molecular weight excluding hydrogens is 288 g/mol. The Labute approximate surface area is 137 Å². The average molecular weight is 312 g/mol. The molecule has 3 rings (SSSR count). The molecular formula is C19H24N2O2. The fourth-order valence-corrected chi connectivity index (χ4v) is 3.30. The van der Waals surface area contributed by atoms with Crippen molar-refractivity contribution in [3.05, 3.63) is 52.8 Å². The maximum atomic E-state index is 13.0. The minimum Gasteiger partial charge on any atom is -0.393 e. The maximum absolute atomic E-state index is 13.0. The smallest absolute Gasteiger partial charge is 0.255 e. The molecule has 1 aliphatic heterocycles. The number of piperidine rings is 1. The van der Waals surface area contributed by atoms with Crippen molar-refractivity contribution in [2.45, 2.75) is 39.7 Å². The second kappa shape index (κ2) is 6.20. The minimum atomic E-state index is -0.273. The summed E-state index contributed by atoms with van der Waals surface area (Å²) >= 11 is 0. The number of aliphatic hydroxyl groups excluding tert-OH is 1. The van der Waals surface area contributed by atoms with Gasteiger partial charge in [0.25, 0.3) is 5.91 Å². The highest BCUT2D eigenvalue weighted by Crippen LogP contribution is 2.24. The molecule has 0 spiro atoms. The van der Waals surface area contributed by atoms with E-state index in [1.807, 2.05) is 30.0 Å². The molecule has 4 heteroatoms. The summed E-state index contributed by atoms with van der Waals surface area (Å²) in [6.45, 7) is 7.36. The molecule has 1 aromatic heterocycles. The summed E-state index contributed by atoms with van der Waals surface area (Å²) in [5.41, 5.74) is 5.00. The van der Waals surface area contributed by atoms with Crippen molar-refractivity contribution < 1.29 is 9.90 Å². The normalized spacial score (nSPS) is 15.9. The molecule has 0 atom stereocenters. The van der Waals surface area contributed by atoms with E-state index in [4.69, 9.17) is 0 Å². The fourth-order valence-electron chi connectivity index (χ4n) is 3.30. The molecule has 1 aromatic carbocycles. The van der Waals surface area contributed by atoms with Crippen LogP contribution in [0.5, 0.6) is 0 Å². The molecule has 0 unspecified atom stereocenters. The minimum absolute atomic E-state index is 0.0584. The molecule has 2 aromatic rings. The van der Waals surface area contributed by atoms with E-state index >= 15 is 0 Å². The molecule has 2 heterocycles. The van der Waals surface area contributed by atoms with Crippen LogP contribution in [-0.4, -0.2) is 39.7 Å². The van der Waals surface area contributed by atoms with E-state index in [1.54, 1.807) is 0 Å². The molecule has 23 heavy (non-hydrogen) atoms. The largest absolute Gasteiger partial charge is 0.393 e. The lowest BCUT2D eigenvalue weighted by Gasteiger charge is -2.30. The first kappa shape index (κ1) is 15.8. The highest BCUT2D eigenvalue weighted by Gasteiger charge is 2.25. The Bertz CT molecular complexity index is 705. The number of amides is 1. The van der Waals surface area contributed by atoms with Crippen molar-refractivity contribution in [2.24, 2.45) is 0 Å². The molecule has 0 radical (unpaired) electrons. The standard InChI is InChI=1S/C19H24N2O2/c1-13-4-7-18(21-14(2)5-6-15(21)3)17(12-13)19(23)20-10-8-16(22)9-11-20/h4-7,12,16,22H,8-11H2,1-3H3. The van der Waals surface area contributed by atoms with Gasteiger partial charge in [-0.1, -0.05) is 11.6 Å². The van der Waals surface area contributed by atoms with Gasteiger partial charge in [-0.25, -0.2) is 0 Å². The van der Waals surface area contributed by atoms with Crippen LogP contribution in [0.4, 0.5) is 0 Å². The second-order valence-electron chi connectivity index (χ2n) is 6.50. The third-order valence-electron chi connectivity index (χ3n) is 4.65. The van der Waals surface area contributed by atoms with E-state index in [-0.39, 0.29) is 12.0 Å². The molecule has 1 N–H and O–H groups in total. The molecule has 0 aliphatic carbocycles. The number of carbonyl (C=O) groups excluding carboxylic acids is 1. The fraction of sp³-hybridized carbons (Fsp3) is 0.421. The van der Waals surface area contributed by atoms with Crippen LogP contribution in [0.3, 0.4) is 0 Å². The monoisotopic (exact) mass is 312 g/mol. The third-order valence-corrected chi connectivity index (χ3v) is 4.65. The van der Waals surface area contributed by atoms with Gasteiger partial charge in [0, 0.05) is 24.5 Å². The van der Waals surface area contributed by atoms with Crippen LogP contribution in [0, 0.1) is 20.8 Å². The van der Waals surface area contributed by atoms with Gasteiger partial charge in [0.05, 0.1) is 17.4 Å². The summed E-state index contributed by atoms with van der Waals surface area (Å²) in [6, 6.07) is 10.2. The van der Waals surface area contributed by atoms with Gasteiger partial charge in [0.2, 0.25) is 0 Å². The van der Waals surface area contributed by atoms with E-state index in [0.717, 1.165) is 28.2 Å². The highest BCUT2D eigenvalue weighted by molar-refractivity contribution is 5.98. The molecule has 4 nitrogen and oxygen atoms in total. The first-order chi connectivity index (χ1) is 11.0. The Morgan fingerprint density at radius 1 is 1.04 bits per heavy atom. The Morgan fingerprint density at radius 2 is 1.65 bits per heavy atom. The van der Waals surface area contributed by atoms with Crippen molar-refractivity contribution in [3.8, 4) is 5.69 Å². The number of benzene rings is 1.